The molecule has 1 heterocycles. The second-order valence-electron chi connectivity index (χ2n) is 3.30. The summed E-state index contributed by atoms with van der Waals surface area (Å²) in [7, 11) is 0. The molecule has 1 aromatic rings. The Hall–Kier alpha value is -0.610. The van der Waals surface area contributed by atoms with E-state index in [9.17, 15) is 4.79 Å². The predicted octanol–water partition coefficient (Wildman–Crippen LogP) is 2.96. The van der Waals surface area contributed by atoms with Crippen molar-refractivity contribution in [3.63, 3.8) is 0 Å². The third-order valence-electron chi connectivity index (χ3n) is 2.42. The number of furan rings is 1. The molecule has 0 aliphatic rings. The normalized spacial score (nSPS) is 10.9. The van der Waals surface area contributed by atoms with E-state index in [0.29, 0.717) is 12.2 Å². The lowest BCUT2D eigenvalue weighted by atomic mass is 10.2. The van der Waals surface area contributed by atoms with Crippen LogP contribution in [0.3, 0.4) is 0 Å². The highest BCUT2D eigenvalue weighted by Gasteiger charge is 2.14. The highest BCUT2D eigenvalue weighted by Crippen LogP contribution is 2.19. The zero-order chi connectivity index (χ0) is 11.3. The molecular formula is C11H16BrNO2. The molecule has 0 saturated carbocycles. The molecule has 1 aromatic heterocycles. The van der Waals surface area contributed by atoms with Crippen LogP contribution in [0.5, 0.6) is 0 Å². The molecule has 1 rings (SSSR count). The van der Waals surface area contributed by atoms with Crippen molar-refractivity contribution in [1.29, 1.82) is 0 Å². The molecule has 0 bridgehead atoms. The van der Waals surface area contributed by atoms with E-state index in [1.54, 1.807) is 6.07 Å². The number of halogens is 1. The molecule has 0 radical (unpaired) electrons. The average Bonchev–Trinajstić information content (AvgIpc) is 2.66. The van der Waals surface area contributed by atoms with E-state index >= 15 is 0 Å². The predicted molar refractivity (Wildman–Crippen MR) is 63.1 cm³/mol. The van der Waals surface area contributed by atoms with Gasteiger partial charge in [0, 0.05) is 13.0 Å². The van der Waals surface area contributed by atoms with Gasteiger partial charge in [0.25, 0.3) is 0 Å². The Morgan fingerprint density at radius 1 is 1.47 bits per heavy atom. The largest absolute Gasteiger partial charge is 0.460 e. The van der Waals surface area contributed by atoms with Crippen LogP contribution in [0.15, 0.2) is 21.2 Å². The van der Waals surface area contributed by atoms with Crippen molar-refractivity contribution in [2.45, 2.75) is 20.3 Å². The van der Waals surface area contributed by atoms with Crippen molar-refractivity contribution < 1.29 is 9.21 Å². The molecule has 4 heteroatoms. The van der Waals surface area contributed by atoms with Gasteiger partial charge >= 0.3 is 0 Å². The molecule has 0 atom stereocenters. The number of ketones is 1. The SMILES string of the molecule is CCN(CC)CCC(=O)c1occc1Br. The summed E-state index contributed by atoms with van der Waals surface area (Å²) in [4.78, 5) is 13.9. The van der Waals surface area contributed by atoms with Gasteiger partial charge in [0.15, 0.2) is 11.5 Å². The van der Waals surface area contributed by atoms with E-state index in [1.807, 2.05) is 0 Å². The van der Waals surface area contributed by atoms with E-state index < -0.39 is 0 Å². The van der Waals surface area contributed by atoms with Crippen LogP contribution in [-0.4, -0.2) is 30.3 Å². The quantitative estimate of drug-likeness (QED) is 0.748. The van der Waals surface area contributed by atoms with Crippen LogP contribution in [0.1, 0.15) is 30.8 Å². The molecule has 0 unspecified atom stereocenters. The van der Waals surface area contributed by atoms with E-state index in [0.717, 1.165) is 24.1 Å². The fourth-order valence-electron chi connectivity index (χ4n) is 1.41. The molecule has 84 valence electrons. The Morgan fingerprint density at radius 3 is 2.60 bits per heavy atom. The number of hydrogen-bond donors (Lipinski definition) is 0. The monoisotopic (exact) mass is 273 g/mol. The first-order valence-electron chi connectivity index (χ1n) is 5.17. The lowest BCUT2D eigenvalue weighted by Crippen LogP contribution is -2.25. The number of Topliss-reactive ketones (excluding diaryl/α,β-unsaturated/α-hetero) is 1. The fourth-order valence-corrected chi connectivity index (χ4v) is 1.83. The molecule has 0 aliphatic carbocycles. The standard InChI is InChI=1S/C11H16BrNO2/c1-3-13(4-2)7-5-10(14)11-9(12)6-8-15-11/h6,8H,3-5,7H2,1-2H3. The van der Waals surface area contributed by atoms with E-state index in [-0.39, 0.29) is 5.78 Å². The van der Waals surface area contributed by atoms with Crippen LogP contribution in [-0.2, 0) is 0 Å². The second kappa shape index (κ2) is 6.08. The summed E-state index contributed by atoms with van der Waals surface area (Å²) in [5, 5.41) is 0. The van der Waals surface area contributed by atoms with Crippen molar-refractivity contribution >= 4 is 21.7 Å². The minimum absolute atomic E-state index is 0.0544. The molecule has 0 spiro atoms. The maximum absolute atomic E-state index is 11.7. The summed E-state index contributed by atoms with van der Waals surface area (Å²) in [5.74, 6) is 0.487. The Morgan fingerprint density at radius 2 is 2.13 bits per heavy atom. The maximum atomic E-state index is 11.7. The second-order valence-corrected chi connectivity index (χ2v) is 4.15. The van der Waals surface area contributed by atoms with Gasteiger partial charge in [-0.3, -0.25) is 4.79 Å². The maximum Gasteiger partial charge on any atom is 0.200 e. The van der Waals surface area contributed by atoms with E-state index in [1.165, 1.54) is 6.26 Å². The van der Waals surface area contributed by atoms with Gasteiger partial charge in [-0.25, -0.2) is 0 Å². The molecule has 0 N–H and O–H groups in total. The molecule has 0 fully saturated rings. The fraction of sp³-hybridized carbons (Fsp3) is 0.545. The topological polar surface area (TPSA) is 33.5 Å². The zero-order valence-corrected chi connectivity index (χ0v) is 10.7. The molecular weight excluding hydrogens is 258 g/mol. The minimum atomic E-state index is 0.0544. The van der Waals surface area contributed by atoms with Gasteiger partial charge in [-0.2, -0.15) is 0 Å². The Labute approximate surface area is 98.6 Å². The van der Waals surface area contributed by atoms with Gasteiger partial charge in [-0.1, -0.05) is 13.8 Å². The van der Waals surface area contributed by atoms with Gasteiger partial charge in [0.1, 0.15) is 0 Å². The Balaban J connectivity index is 2.47. The Kier molecular flexibility index (Phi) is 5.05. The lowest BCUT2D eigenvalue weighted by Gasteiger charge is -2.16. The van der Waals surface area contributed by atoms with Crippen LogP contribution >= 0.6 is 15.9 Å². The van der Waals surface area contributed by atoms with Gasteiger partial charge in [-0.05, 0) is 35.1 Å². The highest BCUT2D eigenvalue weighted by molar-refractivity contribution is 9.10. The number of carbonyl (C=O) groups excluding carboxylic acids is 1. The smallest absolute Gasteiger partial charge is 0.200 e. The summed E-state index contributed by atoms with van der Waals surface area (Å²) >= 11 is 3.28. The lowest BCUT2D eigenvalue weighted by molar-refractivity contribution is 0.0938. The number of hydrogen-bond acceptors (Lipinski definition) is 3. The van der Waals surface area contributed by atoms with Gasteiger partial charge < -0.3 is 9.32 Å². The average molecular weight is 274 g/mol. The summed E-state index contributed by atoms with van der Waals surface area (Å²) < 4.78 is 5.85. The van der Waals surface area contributed by atoms with Crippen LogP contribution < -0.4 is 0 Å². The molecule has 15 heavy (non-hydrogen) atoms. The van der Waals surface area contributed by atoms with Gasteiger partial charge in [0.05, 0.1) is 10.7 Å². The van der Waals surface area contributed by atoms with Crippen molar-refractivity contribution in [2.24, 2.45) is 0 Å². The molecule has 0 amide bonds. The van der Waals surface area contributed by atoms with Crippen molar-refractivity contribution in [3.05, 3.63) is 22.6 Å². The zero-order valence-electron chi connectivity index (χ0n) is 9.12. The van der Waals surface area contributed by atoms with Gasteiger partial charge in [-0.15, -0.1) is 0 Å². The number of nitrogens with zero attached hydrogens (tertiary/aromatic N) is 1. The first-order chi connectivity index (χ1) is 7.19. The number of rotatable bonds is 6. The number of carbonyl (C=O) groups is 1. The van der Waals surface area contributed by atoms with Gasteiger partial charge in [0.2, 0.25) is 0 Å². The van der Waals surface area contributed by atoms with Crippen LogP contribution in [0, 0.1) is 0 Å². The summed E-state index contributed by atoms with van der Waals surface area (Å²) in [6.07, 6.45) is 2.03. The van der Waals surface area contributed by atoms with E-state index in [2.05, 4.69) is 34.7 Å². The van der Waals surface area contributed by atoms with Crippen molar-refractivity contribution in [2.75, 3.05) is 19.6 Å². The van der Waals surface area contributed by atoms with Crippen LogP contribution in [0.2, 0.25) is 0 Å². The Bertz CT molecular complexity index is 318. The molecule has 3 nitrogen and oxygen atoms in total. The van der Waals surface area contributed by atoms with E-state index in [4.69, 9.17) is 4.42 Å². The third-order valence-corrected chi connectivity index (χ3v) is 3.04. The van der Waals surface area contributed by atoms with Crippen LogP contribution in [0.25, 0.3) is 0 Å². The molecule has 0 aliphatic heterocycles. The van der Waals surface area contributed by atoms with Crippen molar-refractivity contribution in [3.8, 4) is 0 Å². The highest BCUT2D eigenvalue weighted by atomic mass is 79.9. The molecule has 0 saturated heterocycles. The first-order valence-corrected chi connectivity index (χ1v) is 5.96. The first kappa shape index (κ1) is 12.5. The molecule has 0 aromatic carbocycles. The summed E-state index contributed by atoms with van der Waals surface area (Å²) in [6, 6.07) is 1.74. The summed E-state index contributed by atoms with van der Waals surface area (Å²) in [5.41, 5.74) is 0. The van der Waals surface area contributed by atoms with Crippen LogP contribution in [0.4, 0.5) is 0 Å². The van der Waals surface area contributed by atoms with Crippen molar-refractivity contribution in [1.82, 2.24) is 4.90 Å². The third kappa shape index (κ3) is 3.47. The minimum Gasteiger partial charge on any atom is -0.460 e. The summed E-state index contributed by atoms with van der Waals surface area (Å²) in [6.45, 7) is 6.93.